The van der Waals surface area contributed by atoms with E-state index in [0.29, 0.717) is 6.61 Å². The van der Waals surface area contributed by atoms with Gasteiger partial charge in [-0.25, -0.2) is 0 Å². The summed E-state index contributed by atoms with van der Waals surface area (Å²) in [4.78, 5) is 0. The molecular formula is C14H20INO. The van der Waals surface area contributed by atoms with Crippen molar-refractivity contribution in [1.29, 1.82) is 0 Å². The first-order chi connectivity index (χ1) is 8.24. The third-order valence-corrected chi connectivity index (χ3v) is 4.48. The molecule has 0 aliphatic heterocycles. The average Bonchev–Trinajstić information content (AvgIpc) is 2.39. The summed E-state index contributed by atoms with van der Waals surface area (Å²) in [6.45, 7) is 1.20. The maximum atomic E-state index is 9.62. The molecule has 0 aromatic heterocycles. The molecule has 2 N–H and O–H groups in total. The first-order valence-corrected chi connectivity index (χ1v) is 7.42. The van der Waals surface area contributed by atoms with E-state index in [4.69, 9.17) is 0 Å². The predicted octanol–water partition coefficient (Wildman–Crippen LogP) is 3.65. The predicted molar refractivity (Wildman–Crippen MR) is 80.3 cm³/mol. The van der Waals surface area contributed by atoms with Gasteiger partial charge in [0.1, 0.15) is 0 Å². The molecule has 2 nitrogen and oxygen atoms in total. The minimum atomic E-state index is 0.112. The second-order valence-corrected chi connectivity index (χ2v) is 6.32. The molecule has 2 rings (SSSR count). The molecular weight excluding hydrogens is 325 g/mol. The van der Waals surface area contributed by atoms with Crippen LogP contribution >= 0.6 is 22.6 Å². The summed E-state index contributed by atoms with van der Waals surface area (Å²) in [6.07, 6.45) is 6.15. The minimum Gasteiger partial charge on any atom is -0.396 e. The Bertz CT molecular complexity index is 344. The van der Waals surface area contributed by atoms with Crippen LogP contribution in [-0.2, 0) is 0 Å². The van der Waals surface area contributed by atoms with Gasteiger partial charge < -0.3 is 10.4 Å². The summed E-state index contributed by atoms with van der Waals surface area (Å²) in [7, 11) is 0. The fourth-order valence-electron chi connectivity index (χ4n) is 2.55. The third kappa shape index (κ3) is 3.58. The van der Waals surface area contributed by atoms with Crippen LogP contribution in [0.2, 0.25) is 0 Å². The van der Waals surface area contributed by atoms with E-state index in [9.17, 15) is 5.11 Å². The number of hydrogen-bond acceptors (Lipinski definition) is 2. The third-order valence-electron chi connectivity index (χ3n) is 3.76. The Kier molecular flexibility index (Phi) is 4.68. The highest BCUT2D eigenvalue weighted by atomic mass is 127. The van der Waals surface area contributed by atoms with Crippen LogP contribution in [0.3, 0.4) is 0 Å². The van der Waals surface area contributed by atoms with Crippen molar-refractivity contribution in [3.63, 3.8) is 0 Å². The molecule has 0 heterocycles. The summed E-state index contributed by atoms with van der Waals surface area (Å²) in [6, 6.07) is 8.43. The second kappa shape index (κ2) is 6.05. The van der Waals surface area contributed by atoms with Crippen molar-refractivity contribution in [2.24, 2.45) is 5.41 Å². The Morgan fingerprint density at radius 1 is 1.12 bits per heavy atom. The molecule has 0 spiro atoms. The number of aliphatic hydroxyl groups excluding tert-OH is 1. The maximum absolute atomic E-state index is 9.62. The highest BCUT2D eigenvalue weighted by Gasteiger charge is 2.30. The van der Waals surface area contributed by atoms with E-state index < -0.39 is 0 Å². The zero-order valence-electron chi connectivity index (χ0n) is 10.1. The molecule has 1 aromatic carbocycles. The van der Waals surface area contributed by atoms with Gasteiger partial charge in [-0.1, -0.05) is 19.3 Å². The Morgan fingerprint density at radius 2 is 1.76 bits per heavy atom. The Balaban J connectivity index is 1.93. The molecule has 1 fully saturated rings. The SMILES string of the molecule is OCC1(CNc2ccc(I)cc2)CCCCC1. The number of aliphatic hydroxyl groups is 1. The fourth-order valence-corrected chi connectivity index (χ4v) is 2.91. The fraction of sp³-hybridized carbons (Fsp3) is 0.571. The topological polar surface area (TPSA) is 32.3 Å². The summed E-state index contributed by atoms with van der Waals surface area (Å²) < 4.78 is 1.25. The number of benzene rings is 1. The lowest BCUT2D eigenvalue weighted by Gasteiger charge is -2.36. The Morgan fingerprint density at radius 3 is 2.35 bits per heavy atom. The van der Waals surface area contributed by atoms with Gasteiger partial charge in [0.25, 0.3) is 0 Å². The number of halogens is 1. The average molecular weight is 345 g/mol. The van der Waals surface area contributed by atoms with E-state index in [1.165, 1.54) is 22.8 Å². The van der Waals surface area contributed by atoms with E-state index in [1.54, 1.807) is 0 Å². The first kappa shape index (κ1) is 13.1. The minimum absolute atomic E-state index is 0.112. The van der Waals surface area contributed by atoms with Crippen LogP contribution in [0.15, 0.2) is 24.3 Å². The normalized spacial score (nSPS) is 18.9. The van der Waals surface area contributed by atoms with Crippen LogP contribution in [0.25, 0.3) is 0 Å². The monoisotopic (exact) mass is 345 g/mol. The smallest absolute Gasteiger partial charge is 0.0504 e. The zero-order valence-corrected chi connectivity index (χ0v) is 12.2. The summed E-state index contributed by atoms with van der Waals surface area (Å²) in [5, 5.41) is 13.1. The first-order valence-electron chi connectivity index (χ1n) is 6.34. The molecule has 94 valence electrons. The van der Waals surface area contributed by atoms with Gasteiger partial charge in [-0.15, -0.1) is 0 Å². The molecule has 0 bridgehead atoms. The van der Waals surface area contributed by atoms with Crippen molar-refractivity contribution in [3.8, 4) is 0 Å². The molecule has 0 saturated heterocycles. The van der Waals surface area contributed by atoms with Crippen LogP contribution in [-0.4, -0.2) is 18.3 Å². The van der Waals surface area contributed by atoms with Gasteiger partial charge in [-0.05, 0) is 59.7 Å². The lowest BCUT2D eigenvalue weighted by molar-refractivity contribution is 0.0944. The van der Waals surface area contributed by atoms with Crippen molar-refractivity contribution in [2.75, 3.05) is 18.5 Å². The molecule has 1 saturated carbocycles. The standard InChI is InChI=1S/C14H20INO/c15-12-4-6-13(7-5-12)16-10-14(11-17)8-2-1-3-9-14/h4-7,16-17H,1-3,8-11H2. The van der Waals surface area contributed by atoms with Gasteiger partial charge in [0.05, 0.1) is 6.61 Å². The maximum Gasteiger partial charge on any atom is 0.0504 e. The summed E-state index contributed by atoms with van der Waals surface area (Å²) in [5.41, 5.74) is 1.27. The van der Waals surface area contributed by atoms with Gasteiger partial charge in [0, 0.05) is 21.2 Å². The van der Waals surface area contributed by atoms with E-state index in [1.807, 2.05) is 0 Å². The van der Waals surface area contributed by atoms with Crippen molar-refractivity contribution >= 4 is 28.3 Å². The molecule has 0 radical (unpaired) electrons. The molecule has 0 atom stereocenters. The molecule has 1 aliphatic rings. The van der Waals surface area contributed by atoms with Crippen LogP contribution in [0, 0.1) is 8.99 Å². The molecule has 0 unspecified atom stereocenters. The van der Waals surface area contributed by atoms with Crippen LogP contribution in [0.4, 0.5) is 5.69 Å². The van der Waals surface area contributed by atoms with Crippen molar-refractivity contribution in [3.05, 3.63) is 27.8 Å². The van der Waals surface area contributed by atoms with Crippen molar-refractivity contribution < 1.29 is 5.11 Å². The largest absolute Gasteiger partial charge is 0.396 e. The highest BCUT2D eigenvalue weighted by Crippen LogP contribution is 2.35. The van der Waals surface area contributed by atoms with E-state index in [0.717, 1.165) is 25.1 Å². The molecule has 1 aliphatic carbocycles. The van der Waals surface area contributed by atoms with Gasteiger partial charge in [-0.2, -0.15) is 0 Å². The molecule has 17 heavy (non-hydrogen) atoms. The van der Waals surface area contributed by atoms with Crippen molar-refractivity contribution in [1.82, 2.24) is 0 Å². The number of hydrogen-bond donors (Lipinski definition) is 2. The van der Waals surface area contributed by atoms with E-state index in [2.05, 4.69) is 52.2 Å². The van der Waals surface area contributed by atoms with Gasteiger partial charge in [0.2, 0.25) is 0 Å². The van der Waals surface area contributed by atoms with Gasteiger partial charge in [-0.3, -0.25) is 0 Å². The number of rotatable bonds is 4. The van der Waals surface area contributed by atoms with E-state index >= 15 is 0 Å². The number of anilines is 1. The molecule has 0 amide bonds. The lowest BCUT2D eigenvalue weighted by Crippen LogP contribution is -2.35. The quantitative estimate of drug-likeness (QED) is 0.817. The molecule has 1 aromatic rings. The van der Waals surface area contributed by atoms with E-state index in [-0.39, 0.29) is 5.41 Å². The van der Waals surface area contributed by atoms with Gasteiger partial charge >= 0.3 is 0 Å². The van der Waals surface area contributed by atoms with Crippen LogP contribution < -0.4 is 5.32 Å². The Hall–Kier alpha value is -0.290. The summed E-state index contributed by atoms with van der Waals surface area (Å²) in [5.74, 6) is 0. The Labute approximate surface area is 117 Å². The van der Waals surface area contributed by atoms with Crippen molar-refractivity contribution in [2.45, 2.75) is 32.1 Å². The van der Waals surface area contributed by atoms with Crippen LogP contribution in [0.1, 0.15) is 32.1 Å². The van der Waals surface area contributed by atoms with Gasteiger partial charge in [0.15, 0.2) is 0 Å². The second-order valence-electron chi connectivity index (χ2n) is 5.08. The van der Waals surface area contributed by atoms with Crippen LogP contribution in [0.5, 0.6) is 0 Å². The number of nitrogens with one attached hydrogen (secondary N) is 1. The highest BCUT2D eigenvalue weighted by molar-refractivity contribution is 14.1. The molecule has 3 heteroatoms. The zero-order chi connectivity index (χ0) is 12.1. The summed E-state index contributed by atoms with van der Waals surface area (Å²) >= 11 is 2.31. The lowest BCUT2D eigenvalue weighted by atomic mass is 9.74.